The number of piperidine rings is 1. The van der Waals surface area contributed by atoms with Crippen LogP contribution in [0.4, 0.5) is 5.82 Å². The van der Waals surface area contributed by atoms with Crippen molar-refractivity contribution in [1.29, 1.82) is 0 Å². The van der Waals surface area contributed by atoms with Crippen molar-refractivity contribution in [2.24, 2.45) is 0 Å². The molecule has 0 radical (unpaired) electrons. The fourth-order valence-corrected chi connectivity index (χ4v) is 3.60. The molecule has 1 aliphatic rings. The summed E-state index contributed by atoms with van der Waals surface area (Å²) in [5.41, 5.74) is 2.45. The van der Waals surface area contributed by atoms with Crippen LogP contribution in [-0.4, -0.2) is 45.0 Å². The van der Waals surface area contributed by atoms with Crippen LogP contribution in [0, 0.1) is 0 Å². The Hall–Kier alpha value is -2.80. The fourth-order valence-electron chi connectivity index (χ4n) is 3.47. The summed E-state index contributed by atoms with van der Waals surface area (Å²) in [6.45, 7) is 4.39. The zero-order valence-corrected chi connectivity index (χ0v) is 16.5. The van der Waals surface area contributed by atoms with E-state index in [1.165, 1.54) is 0 Å². The third kappa shape index (κ3) is 4.04. The molecule has 8 heteroatoms. The highest BCUT2D eigenvalue weighted by Crippen LogP contribution is 2.25. The molecule has 28 heavy (non-hydrogen) atoms. The van der Waals surface area contributed by atoms with Gasteiger partial charge in [0.25, 0.3) is 5.91 Å². The summed E-state index contributed by atoms with van der Waals surface area (Å²) in [7, 11) is 0. The van der Waals surface area contributed by atoms with Crippen LogP contribution >= 0.6 is 11.6 Å². The predicted molar refractivity (Wildman–Crippen MR) is 110 cm³/mol. The lowest BCUT2D eigenvalue weighted by molar-refractivity contribution is 0.0927. The Labute approximate surface area is 168 Å². The van der Waals surface area contributed by atoms with Crippen LogP contribution < -0.4 is 10.2 Å². The first-order valence-electron chi connectivity index (χ1n) is 9.53. The molecule has 1 saturated heterocycles. The zero-order valence-electron chi connectivity index (χ0n) is 15.7. The second kappa shape index (κ2) is 8.06. The predicted octanol–water partition coefficient (Wildman–Crippen LogP) is 3.35. The van der Waals surface area contributed by atoms with Crippen LogP contribution in [0.2, 0.25) is 5.02 Å². The van der Waals surface area contributed by atoms with E-state index in [1.807, 2.05) is 43.5 Å². The maximum Gasteiger partial charge on any atom is 0.272 e. The third-order valence-corrected chi connectivity index (χ3v) is 5.25. The average Bonchev–Trinajstić information content (AvgIpc) is 3.39. The monoisotopic (exact) mass is 398 g/mol. The SMILES string of the molecule is CCn1ccc(C(=O)NC2CCCN(c3cc(-c4ccc(Cl)cc4)[nH]n3)C2)n1. The molecule has 0 spiro atoms. The largest absolute Gasteiger partial charge is 0.353 e. The molecule has 1 atom stereocenters. The van der Waals surface area contributed by atoms with Gasteiger partial charge in [-0.3, -0.25) is 14.6 Å². The fraction of sp³-hybridized carbons (Fsp3) is 0.350. The van der Waals surface area contributed by atoms with Gasteiger partial charge in [-0.1, -0.05) is 23.7 Å². The Balaban J connectivity index is 1.41. The zero-order chi connectivity index (χ0) is 19.5. The van der Waals surface area contributed by atoms with E-state index < -0.39 is 0 Å². The number of H-pyrrole nitrogens is 1. The van der Waals surface area contributed by atoms with Crippen LogP contribution in [-0.2, 0) is 6.54 Å². The normalized spacial score (nSPS) is 16.9. The van der Waals surface area contributed by atoms with Crippen molar-refractivity contribution in [2.45, 2.75) is 32.4 Å². The second-order valence-electron chi connectivity index (χ2n) is 6.96. The molecule has 0 bridgehead atoms. The molecule has 3 aromatic rings. The number of anilines is 1. The van der Waals surface area contributed by atoms with Gasteiger partial charge >= 0.3 is 0 Å². The number of nitrogens with zero attached hydrogens (tertiary/aromatic N) is 4. The number of aryl methyl sites for hydroxylation is 1. The van der Waals surface area contributed by atoms with E-state index in [2.05, 4.69) is 25.5 Å². The van der Waals surface area contributed by atoms with Gasteiger partial charge in [0, 0.05) is 43.0 Å². The quantitative estimate of drug-likeness (QED) is 0.690. The number of amides is 1. The maximum atomic E-state index is 12.5. The molecule has 7 nitrogen and oxygen atoms in total. The topological polar surface area (TPSA) is 78.8 Å². The summed E-state index contributed by atoms with van der Waals surface area (Å²) in [6.07, 6.45) is 3.77. The molecule has 1 fully saturated rings. The van der Waals surface area contributed by atoms with Crippen LogP contribution in [0.1, 0.15) is 30.3 Å². The highest BCUT2D eigenvalue weighted by Gasteiger charge is 2.24. The van der Waals surface area contributed by atoms with Crippen LogP contribution in [0.15, 0.2) is 42.6 Å². The summed E-state index contributed by atoms with van der Waals surface area (Å²) in [5.74, 6) is 0.766. The first-order valence-corrected chi connectivity index (χ1v) is 9.91. The number of carbonyl (C=O) groups excluding carboxylic acids is 1. The number of benzene rings is 1. The van der Waals surface area contributed by atoms with E-state index >= 15 is 0 Å². The Morgan fingerprint density at radius 2 is 2.14 bits per heavy atom. The third-order valence-electron chi connectivity index (χ3n) is 5.00. The molecule has 146 valence electrons. The lowest BCUT2D eigenvalue weighted by Gasteiger charge is -2.33. The van der Waals surface area contributed by atoms with E-state index in [-0.39, 0.29) is 11.9 Å². The highest BCUT2D eigenvalue weighted by atomic mass is 35.5. The van der Waals surface area contributed by atoms with Crippen molar-refractivity contribution < 1.29 is 4.79 Å². The summed E-state index contributed by atoms with van der Waals surface area (Å²) in [6, 6.07) is 11.5. The smallest absolute Gasteiger partial charge is 0.272 e. The summed E-state index contributed by atoms with van der Waals surface area (Å²) < 4.78 is 1.75. The van der Waals surface area contributed by atoms with Crippen LogP contribution in [0.5, 0.6) is 0 Å². The molecule has 0 aliphatic carbocycles. The molecule has 1 amide bonds. The number of rotatable bonds is 5. The average molecular weight is 399 g/mol. The Kier molecular flexibility index (Phi) is 5.34. The molecule has 1 unspecified atom stereocenters. The maximum absolute atomic E-state index is 12.5. The van der Waals surface area contributed by atoms with Gasteiger partial charge in [0.1, 0.15) is 5.69 Å². The molecular formula is C20H23ClN6O. The minimum Gasteiger partial charge on any atom is -0.353 e. The first kappa shape index (κ1) is 18.6. The molecule has 4 rings (SSSR count). The van der Waals surface area contributed by atoms with Gasteiger partial charge in [-0.25, -0.2) is 0 Å². The standard InChI is InChI=1S/C20H23ClN6O/c1-2-27-11-9-17(25-27)20(28)22-16-4-3-10-26(13-16)19-12-18(23-24-19)14-5-7-15(21)8-6-14/h5-9,11-12,16H,2-4,10,13H2,1H3,(H,22,28)(H,23,24). The van der Waals surface area contributed by atoms with E-state index in [0.717, 1.165) is 49.6 Å². The van der Waals surface area contributed by atoms with Gasteiger partial charge in [0.2, 0.25) is 0 Å². The molecule has 3 heterocycles. The summed E-state index contributed by atoms with van der Waals surface area (Å²) in [5, 5.41) is 15.7. The minimum absolute atomic E-state index is 0.0729. The van der Waals surface area contributed by atoms with E-state index in [0.29, 0.717) is 10.7 Å². The Morgan fingerprint density at radius 1 is 1.32 bits per heavy atom. The van der Waals surface area contributed by atoms with Gasteiger partial charge < -0.3 is 10.2 Å². The van der Waals surface area contributed by atoms with Gasteiger partial charge in [-0.15, -0.1) is 0 Å². The van der Waals surface area contributed by atoms with Crippen molar-refractivity contribution in [2.75, 3.05) is 18.0 Å². The van der Waals surface area contributed by atoms with Gasteiger partial charge in [0.15, 0.2) is 5.82 Å². The minimum atomic E-state index is -0.122. The van der Waals surface area contributed by atoms with Crippen LogP contribution in [0.25, 0.3) is 11.3 Å². The van der Waals surface area contributed by atoms with Crippen molar-refractivity contribution in [3.8, 4) is 11.3 Å². The number of hydrogen-bond acceptors (Lipinski definition) is 4. The van der Waals surface area contributed by atoms with Gasteiger partial charge in [-0.05, 0) is 43.5 Å². The van der Waals surface area contributed by atoms with Crippen molar-refractivity contribution in [3.63, 3.8) is 0 Å². The molecule has 2 N–H and O–H groups in total. The van der Waals surface area contributed by atoms with Crippen molar-refractivity contribution >= 4 is 23.3 Å². The number of carbonyl (C=O) groups is 1. The van der Waals surface area contributed by atoms with Crippen molar-refractivity contribution in [3.05, 3.63) is 53.3 Å². The molecular weight excluding hydrogens is 376 g/mol. The molecule has 1 aromatic carbocycles. The van der Waals surface area contributed by atoms with Crippen LogP contribution in [0.3, 0.4) is 0 Å². The lowest BCUT2D eigenvalue weighted by Crippen LogP contribution is -2.48. The molecule has 0 saturated carbocycles. The Morgan fingerprint density at radius 3 is 2.89 bits per heavy atom. The Bertz CT molecular complexity index is 948. The molecule has 1 aliphatic heterocycles. The van der Waals surface area contributed by atoms with E-state index in [4.69, 9.17) is 11.6 Å². The summed E-state index contributed by atoms with van der Waals surface area (Å²) in [4.78, 5) is 14.7. The highest BCUT2D eigenvalue weighted by molar-refractivity contribution is 6.30. The van der Waals surface area contributed by atoms with E-state index in [9.17, 15) is 4.79 Å². The lowest BCUT2D eigenvalue weighted by atomic mass is 10.1. The number of nitrogens with one attached hydrogen (secondary N) is 2. The van der Waals surface area contributed by atoms with Gasteiger partial charge in [-0.2, -0.15) is 10.2 Å². The molecule has 2 aromatic heterocycles. The second-order valence-corrected chi connectivity index (χ2v) is 7.40. The van der Waals surface area contributed by atoms with Crippen molar-refractivity contribution in [1.82, 2.24) is 25.3 Å². The summed E-state index contributed by atoms with van der Waals surface area (Å²) >= 11 is 5.96. The number of aromatic nitrogens is 4. The van der Waals surface area contributed by atoms with E-state index in [1.54, 1.807) is 10.7 Å². The first-order chi connectivity index (χ1) is 13.6. The number of hydrogen-bond donors (Lipinski definition) is 2. The number of aromatic amines is 1. The van der Waals surface area contributed by atoms with Gasteiger partial charge in [0.05, 0.1) is 5.69 Å². The number of halogens is 1.